The van der Waals surface area contributed by atoms with E-state index in [-0.39, 0.29) is 11.7 Å². The Morgan fingerprint density at radius 2 is 1.85 bits per heavy atom. The van der Waals surface area contributed by atoms with Crippen molar-refractivity contribution in [1.82, 2.24) is 20.1 Å². The highest BCUT2D eigenvalue weighted by atomic mass is 35.5. The number of benzene rings is 3. The molecule has 2 heterocycles. The molecule has 0 atom stereocenters. The van der Waals surface area contributed by atoms with Crippen molar-refractivity contribution in [2.24, 2.45) is 0 Å². The summed E-state index contributed by atoms with van der Waals surface area (Å²) in [5.74, 6) is 0.203. The molecule has 0 bridgehead atoms. The summed E-state index contributed by atoms with van der Waals surface area (Å²) in [6, 6.07) is 24.5. The van der Waals surface area contributed by atoms with Gasteiger partial charge in [0, 0.05) is 30.3 Å². The zero-order chi connectivity index (χ0) is 23.3. The van der Waals surface area contributed by atoms with Gasteiger partial charge in [0.05, 0.1) is 11.4 Å². The van der Waals surface area contributed by atoms with Crippen molar-refractivity contribution in [2.75, 3.05) is 17.2 Å². The zero-order valence-electron chi connectivity index (χ0n) is 18.5. The second-order valence-electron chi connectivity index (χ2n) is 8.15. The Morgan fingerprint density at radius 3 is 2.71 bits per heavy atom. The number of thioether (sulfide) groups is 1. The number of nitrogens with one attached hydrogen (secondary N) is 1. The molecular weight excluding hydrogens is 466 g/mol. The number of hydrogen-bond acceptors (Lipinski definition) is 5. The number of carbonyl (C=O) groups excluding carboxylic acids is 1. The highest BCUT2D eigenvalue weighted by molar-refractivity contribution is 7.99. The molecule has 1 N–H and O–H groups in total. The minimum absolute atomic E-state index is 0.0524. The van der Waals surface area contributed by atoms with E-state index in [2.05, 4.69) is 68.9 Å². The molecule has 0 fully saturated rings. The molecule has 1 amide bonds. The maximum atomic E-state index is 12.4. The first-order valence-corrected chi connectivity index (χ1v) is 12.5. The Labute approximate surface area is 208 Å². The lowest BCUT2D eigenvalue weighted by molar-refractivity contribution is -0.118. The lowest BCUT2D eigenvalue weighted by Crippen LogP contribution is -2.24. The summed E-state index contributed by atoms with van der Waals surface area (Å²) in [4.78, 5) is 14.8. The molecule has 0 saturated heterocycles. The Balaban J connectivity index is 1.11. The van der Waals surface area contributed by atoms with Gasteiger partial charge in [-0.05, 0) is 47.4 Å². The van der Waals surface area contributed by atoms with Crippen molar-refractivity contribution in [2.45, 2.75) is 24.7 Å². The maximum Gasteiger partial charge on any atom is 0.230 e. The van der Waals surface area contributed by atoms with Gasteiger partial charge in [-0.1, -0.05) is 71.9 Å². The number of amides is 1. The molecule has 4 aromatic rings. The first-order chi connectivity index (χ1) is 16.7. The van der Waals surface area contributed by atoms with Crippen LogP contribution in [0.5, 0.6) is 0 Å². The van der Waals surface area contributed by atoms with Crippen LogP contribution >= 0.6 is 23.4 Å². The molecule has 0 aliphatic carbocycles. The fourth-order valence-electron chi connectivity index (χ4n) is 4.06. The summed E-state index contributed by atoms with van der Waals surface area (Å²) in [6.07, 6.45) is 2.72. The van der Waals surface area contributed by atoms with Crippen molar-refractivity contribution in [1.29, 1.82) is 0 Å². The third-order valence-electron chi connectivity index (χ3n) is 5.80. The second kappa shape index (κ2) is 10.3. The Bertz CT molecular complexity index is 1290. The molecule has 0 saturated carbocycles. The van der Waals surface area contributed by atoms with Gasteiger partial charge in [-0.2, -0.15) is 0 Å². The van der Waals surface area contributed by atoms with Gasteiger partial charge in [-0.25, -0.2) is 0 Å². The minimum Gasteiger partial charge on any atom is -0.367 e. The minimum atomic E-state index is -0.0524. The second-order valence-corrected chi connectivity index (χ2v) is 9.52. The van der Waals surface area contributed by atoms with Crippen LogP contribution in [-0.2, 0) is 24.3 Å². The molecule has 1 aliphatic rings. The number of anilines is 1. The number of rotatable bonds is 8. The lowest BCUT2D eigenvalue weighted by Gasteiger charge is -2.19. The Hall–Kier alpha value is -3.29. The first kappa shape index (κ1) is 22.5. The molecule has 8 heteroatoms. The normalized spacial score (nSPS) is 12.6. The summed E-state index contributed by atoms with van der Waals surface area (Å²) in [5.41, 5.74) is 5.96. The van der Waals surface area contributed by atoms with E-state index >= 15 is 0 Å². The molecule has 3 aromatic carbocycles. The monoisotopic (exact) mass is 489 g/mol. The molecule has 34 heavy (non-hydrogen) atoms. The van der Waals surface area contributed by atoms with Crippen molar-refractivity contribution in [3.63, 3.8) is 0 Å². The van der Waals surface area contributed by atoms with E-state index in [0.29, 0.717) is 16.7 Å². The number of aromatic nitrogens is 3. The summed E-state index contributed by atoms with van der Waals surface area (Å²) < 4.78 is 1.82. The molecule has 5 rings (SSSR count). The van der Waals surface area contributed by atoms with Gasteiger partial charge < -0.3 is 10.2 Å². The topological polar surface area (TPSA) is 63.1 Å². The third-order valence-corrected chi connectivity index (χ3v) is 6.98. The number of carbonyl (C=O) groups is 1. The molecule has 6 nitrogen and oxygen atoms in total. The molecule has 0 unspecified atom stereocenters. The van der Waals surface area contributed by atoms with E-state index < -0.39 is 0 Å². The molecule has 0 spiro atoms. The first-order valence-electron chi connectivity index (χ1n) is 11.1. The summed E-state index contributed by atoms with van der Waals surface area (Å²) >= 11 is 7.43. The number of nitrogens with zero attached hydrogens (tertiary/aromatic N) is 4. The SMILES string of the molecule is O=C(CSc1nncn1-c1cccc(Cl)c1)NCc1ccc(CN2CCc3ccccc32)cc1. The van der Waals surface area contributed by atoms with Crippen molar-refractivity contribution in [3.8, 4) is 5.69 Å². The van der Waals surface area contributed by atoms with Gasteiger partial charge in [-0.15, -0.1) is 10.2 Å². The van der Waals surface area contributed by atoms with E-state index in [1.165, 1.54) is 28.6 Å². The van der Waals surface area contributed by atoms with Crippen molar-refractivity contribution in [3.05, 3.63) is 101 Å². The highest BCUT2D eigenvalue weighted by Crippen LogP contribution is 2.28. The number of hydrogen-bond donors (Lipinski definition) is 1. The third kappa shape index (κ3) is 5.26. The fraction of sp³-hybridized carbons (Fsp3) is 0.192. The van der Waals surface area contributed by atoms with Crippen molar-refractivity contribution < 1.29 is 4.79 Å². The predicted octanol–water partition coefficient (Wildman–Crippen LogP) is 4.89. The zero-order valence-corrected chi connectivity index (χ0v) is 20.1. The van der Waals surface area contributed by atoms with E-state index in [1.807, 2.05) is 28.8 Å². The van der Waals surface area contributed by atoms with Crippen LogP contribution in [0.1, 0.15) is 16.7 Å². The van der Waals surface area contributed by atoms with Crippen LogP contribution in [0.15, 0.2) is 84.3 Å². The average Bonchev–Trinajstić information content (AvgIpc) is 3.50. The summed E-state index contributed by atoms with van der Waals surface area (Å²) in [6.45, 7) is 2.45. The van der Waals surface area contributed by atoms with Crippen LogP contribution in [0.25, 0.3) is 5.69 Å². The lowest BCUT2D eigenvalue weighted by atomic mass is 10.1. The van der Waals surface area contributed by atoms with Gasteiger partial charge in [0.1, 0.15) is 6.33 Å². The van der Waals surface area contributed by atoms with E-state index in [4.69, 9.17) is 11.6 Å². The standard InChI is InChI=1S/C26H24ClN5OS/c27-22-5-3-6-23(14-22)32-18-29-30-26(32)34-17-25(33)28-15-19-8-10-20(11-9-19)16-31-13-12-21-4-1-2-7-24(21)31/h1-11,14,18H,12-13,15-17H2,(H,28,33). The molecule has 1 aliphatic heterocycles. The van der Waals surface area contributed by atoms with Crippen LogP contribution in [0.4, 0.5) is 5.69 Å². The predicted molar refractivity (Wildman–Crippen MR) is 137 cm³/mol. The molecular formula is C26H24ClN5OS. The van der Waals surface area contributed by atoms with Gasteiger partial charge in [-0.3, -0.25) is 9.36 Å². The van der Waals surface area contributed by atoms with Crippen molar-refractivity contribution >= 4 is 35.0 Å². The van der Waals surface area contributed by atoms with Gasteiger partial charge >= 0.3 is 0 Å². The molecule has 172 valence electrons. The quantitative estimate of drug-likeness (QED) is 0.357. The molecule has 0 radical (unpaired) electrons. The smallest absolute Gasteiger partial charge is 0.230 e. The van der Waals surface area contributed by atoms with E-state index in [1.54, 1.807) is 6.33 Å². The van der Waals surface area contributed by atoms with Gasteiger partial charge in [0.25, 0.3) is 0 Å². The summed E-state index contributed by atoms with van der Waals surface area (Å²) in [7, 11) is 0. The van der Waals surface area contributed by atoms with Gasteiger partial charge in [0.15, 0.2) is 5.16 Å². The number of para-hydroxylation sites is 1. The molecule has 1 aromatic heterocycles. The van der Waals surface area contributed by atoms with Gasteiger partial charge in [0.2, 0.25) is 5.91 Å². The summed E-state index contributed by atoms with van der Waals surface area (Å²) in [5, 5.41) is 12.4. The van der Waals surface area contributed by atoms with E-state index in [0.717, 1.165) is 30.8 Å². The Kier molecular flexibility index (Phi) is 6.83. The van der Waals surface area contributed by atoms with Crippen LogP contribution < -0.4 is 10.2 Å². The average molecular weight is 490 g/mol. The Morgan fingerprint density at radius 1 is 1.03 bits per heavy atom. The number of fused-ring (bicyclic) bond motifs is 1. The highest BCUT2D eigenvalue weighted by Gasteiger charge is 2.18. The van der Waals surface area contributed by atoms with Crippen LogP contribution in [0.3, 0.4) is 0 Å². The van der Waals surface area contributed by atoms with Crippen LogP contribution in [-0.4, -0.2) is 33.0 Å². The maximum absolute atomic E-state index is 12.4. The van der Waals surface area contributed by atoms with Crippen LogP contribution in [0.2, 0.25) is 5.02 Å². The van der Waals surface area contributed by atoms with Crippen LogP contribution in [0, 0.1) is 0 Å². The number of halogens is 1. The van der Waals surface area contributed by atoms with E-state index in [9.17, 15) is 4.79 Å². The fourth-order valence-corrected chi connectivity index (χ4v) is 5.00. The largest absolute Gasteiger partial charge is 0.367 e.